The number of imidazole rings is 1. The van der Waals surface area contributed by atoms with E-state index in [1.54, 1.807) is 6.07 Å². The van der Waals surface area contributed by atoms with Crippen LogP contribution in [0.4, 0.5) is 8.28 Å². The van der Waals surface area contributed by atoms with Crippen LogP contribution >= 0.6 is 0 Å². The number of aromatic nitrogens is 2. The first kappa shape index (κ1) is 13.5. The first-order chi connectivity index (χ1) is 9.90. The summed E-state index contributed by atoms with van der Waals surface area (Å²) in [5.74, 6) is -0.197. The molecule has 21 heavy (non-hydrogen) atoms. The van der Waals surface area contributed by atoms with Gasteiger partial charge in [-0.15, -0.1) is 0 Å². The van der Waals surface area contributed by atoms with Gasteiger partial charge in [0.05, 0.1) is 11.0 Å². The summed E-state index contributed by atoms with van der Waals surface area (Å²) in [6.07, 6.45) is 0. The molecule has 2 aromatic carbocycles. The predicted molar refractivity (Wildman–Crippen MR) is 72.1 cm³/mol. The van der Waals surface area contributed by atoms with Gasteiger partial charge in [0.2, 0.25) is 0 Å². The third kappa shape index (κ3) is 3.00. The Morgan fingerprint density at radius 3 is 2.71 bits per heavy atom. The van der Waals surface area contributed by atoms with Gasteiger partial charge in [0.15, 0.2) is 0 Å². The second kappa shape index (κ2) is 4.81. The molecular formula is C13H8F2N2O3S. The lowest BCUT2D eigenvalue weighted by atomic mass is 10.2. The van der Waals surface area contributed by atoms with Crippen LogP contribution in [0.15, 0.2) is 42.5 Å². The summed E-state index contributed by atoms with van der Waals surface area (Å²) in [7, 11) is -5.09. The lowest BCUT2D eigenvalue weighted by Gasteiger charge is -2.01. The van der Waals surface area contributed by atoms with Crippen LogP contribution in [0.2, 0.25) is 0 Å². The third-order valence-corrected chi connectivity index (χ3v) is 3.14. The van der Waals surface area contributed by atoms with Crippen LogP contribution in [0.25, 0.3) is 22.4 Å². The van der Waals surface area contributed by atoms with Crippen LogP contribution in [0.5, 0.6) is 5.75 Å². The van der Waals surface area contributed by atoms with E-state index in [0.717, 1.165) is 0 Å². The fourth-order valence-electron chi connectivity index (χ4n) is 1.93. The summed E-state index contributed by atoms with van der Waals surface area (Å²) in [4.78, 5) is 7.13. The summed E-state index contributed by atoms with van der Waals surface area (Å²) in [5.41, 5.74) is 1.53. The maximum Gasteiger partial charge on any atom is 0.488 e. The van der Waals surface area contributed by atoms with E-state index in [2.05, 4.69) is 14.2 Å². The highest BCUT2D eigenvalue weighted by Gasteiger charge is 2.12. The minimum absolute atomic E-state index is 0.179. The number of H-pyrrole nitrogens is 1. The molecule has 0 fully saturated rings. The standard InChI is InChI=1S/C13H8F2N2O3S/c14-9-4-5-11-12(7-9)17-13(16-11)8-2-1-3-10(6-8)20-21(15,18)19/h1-7H,(H,16,17). The van der Waals surface area contributed by atoms with Crippen molar-refractivity contribution in [3.63, 3.8) is 0 Å². The van der Waals surface area contributed by atoms with Crippen LogP contribution in [-0.2, 0) is 10.5 Å². The molecule has 0 aliphatic carbocycles. The van der Waals surface area contributed by atoms with Gasteiger partial charge in [0.1, 0.15) is 17.4 Å². The topological polar surface area (TPSA) is 72.1 Å². The molecule has 8 heteroatoms. The Balaban J connectivity index is 2.04. The molecule has 0 saturated heterocycles. The monoisotopic (exact) mass is 310 g/mol. The molecule has 1 N–H and O–H groups in total. The predicted octanol–water partition coefficient (Wildman–Crippen LogP) is 2.96. The summed E-state index contributed by atoms with van der Waals surface area (Å²) in [5, 5.41) is 0. The van der Waals surface area contributed by atoms with Crippen LogP contribution in [0.3, 0.4) is 0 Å². The normalized spacial score (nSPS) is 11.7. The van der Waals surface area contributed by atoms with Crippen molar-refractivity contribution >= 4 is 21.5 Å². The van der Waals surface area contributed by atoms with E-state index in [9.17, 15) is 16.7 Å². The van der Waals surface area contributed by atoms with Gasteiger partial charge in [-0.3, -0.25) is 0 Å². The molecule has 0 amide bonds. The van der Waals surface area contributed by atoms with Gasteiger partial charge in [0, 0.05) is 5.56 Å². The molecule has 0 atom stereocenters. The summed E-state index contributed by atoms with van der Waals surface area (Å²) in [6, 6.07) is 9.81. The van der Waals surface area contributed by atoms with Crippen molar-refractivity contribution in [1.82, 2.24) is 9.97 Å². The van der Waals surface area contributed by atoms with Crippen molar-refractivity contribution in [1.29, 1.82) is 0 Å². The Kier molecular flexibility index (Phi) is 3.09. The zero-order chi connectivity index (χ0) is 15.0. The molecule has 1 aromatic heterocycles. The Morgan fingerprint density at radius 1 is 1.14 bits per heavy atom. The van der Waals surface area contributed by atoms with Crippen LogP contribution < -0.4 is 4.18 Å². The van der Waals surface area contributed by atoms with E-state index >= 15 is 0 Å². The molecule has 0 spiro atoms. The van der Waals surface area contributed by atoms with E-state index in [-0.39, 0.29) is 5.75 Å². The quantitative estimate of drug-likeness (QED) is 0.755. The molecule has 0 unspecified atom stereocenters. The van der Waals surface area contributed by atoms with Gasteiger partial charge in [-0.25, -0.2) is 9.37 Å². The zero-order valence-electron chi connectivity index (χ0n) is 10.4. The molecule has 0 saturated carbocycles. The Bertz CT molecular complexity index is 922. The number of aromatic amines is 1. The molecule has 3 rings (SSSR count). The summed E-state index contributed by atoms with van der Waals surface area (Å²) < 4.78 is 50.7. The molecule has 3 aromatic rings. The van der Waals surface area contributed by atoms with E-state index in [4.69, 9.17) is 0 Å². The number of fused-ring (bicyclic) bond motifs is 1. The second-order valence-electron chi connectivity index (χ2n) is 4.25. The van der Waals surface area contributed by atoms with Gasteiger partial charge >= 0.3 is 10.5 Å². The highest BCUT2D eigenvalue weighted by molar-refractivity contribution is 7.81. The lowest BCUT2D eigenvalue weighted by molar-refractivity contribution is 0.440. The fourth-order valence-corrected chi connectivity index (χ4v) is 2.26. The molecule has 0 radical (unpaired) electrons. The number of nitrogens with zero attached hydrogens (tertiary/aromatic N) is 1. The maximum atomic E-state index is 13.1. The average molecular weight is 310 g/mol. The first-order valence-electron chi connectivity index (χ1n) is 5.80. The van der Waals surface area contributed by atoms with Crippen molar-refractivity contribution in [2.45, 2.75) is 0 Å². The van der Waals surface area contributed by atoms with Crippen LogP contribution in [-0.4, -0.2) is 18.4 Å². The highest BCUT2D eigenvalue weighted by Crippen LogP contribution is 2.25. The Morgan fingerprint density at radius 2 is 1.95 bits per heavy atom. The molecule has 0 aliphatic rings. The van der Waals surface area contributed by atoms with Gasteiger partial charge in [0.25, 0.3) is 0 Å². The van der Waals surface area contributed by atoms with Crippen molar-refractivity contribution in [2.75, 3.05) is 0 Å². The molecule has 5 nitrogen and oxygen atoms in total. The number of nitrogens with one attached hydrogen (secondary N) is 1. The summed E-state index contributed by atoms with van der Waals surface area (Å²) in [6.45, 7) is 0. The van der Waals surface area contributed by atoms with Crippen molar-refractivity contribution in [3.8, 4) is 17.1 Å². The number of hydrogen-bond donors (Lipinski definition) is 1. The Labute approximate surface area is 118 Å². The zero-order valence-corrected chi connectivity index (χ0v) is 11.2. The maximum absolute atomic E-state index is 13.1. The second-order valence-corrected chi connectivity index (χ2v) is 5.20. The van der Waals surface area contributed by atoms with Gasteiger partial charge in [-0.2, -0.15) is 8.42 Å². The molecule has 0 bridgehead atoms. The summed E-state index contributed by atoms with van der Waals surface area (Å²) >= 11 is 0. The van der Waals surface area contributed by atoms with Gasteiger partial charge in [-0.1, -0.05) is 16.0 Å². The number of halogens is 2. The minimum atomic E-state index is -5.09. The van der Waals surface area contributed by atoms with Crippen molar-refractivity contribution in [3.05, 3.63) is 48.3 Å². The van der Waals surface area contributed by atoms with Crippen LogP contribution in [0.1, 0.15) is 0 Å². The minimum Gasteiger partial charge on any atom is -0.358 e. The van der Waals surface area contributed by atoms with E-state index in [1.165, 1.54) is 36.4 Å². The number of benzene rings is 2. The molecule has 0 aliphatic heterocycles. The van der Waals surface area contributed by atoms with Crippen molar-refractivity contribution < 1.29 is 20.9 Å². The first-order valence-corrected chi connectivity index (χ1v) is 7.11. The third-order valence-electron chi connectivity index (χ3n) is 2.75. The smallest absolute Gasteiger partial charge is 0.358 e. The molecular weight excluding hydrogens is 302 g/mol. The van der Waals surface area contributed by atoms with Gasteiger partial charge < -0.3 is 9.17 Å². The van der Waals surface area contributed by atoms with E-state index < -0.39 is 16.3 Å². The lowest BCUT2D eigenvalue weighted by Crippen LogP contribution is -2.01. The molecule has 108 valence electrons. The highest BCUT2D eigenvalue weighted by atomic mass is 32.3. The van der Waals surface area contributed by atoms with E-state index in [1.807, 2.05) is 0 Å². The largest absolute Gasteiger partial charge is 0.488 e. The average Bonchev–Trinajstić information content (AvgIpc) is 2.80. The molecule has 1 heterocycles. The van der Waals surface area contributed by atoms with Crippen molar-refractivity contribution in [2.24, 2.45) is 0 Å². The SMILES string of the molecule is O=S(=O)(F)Oc1cccc(-c2nc3ccc(F)cc3[nH]2)c1. The van der Waals surface area contributed by atoms with Gasteiger partial charge in [-0.05, 0) is 30.3 Å². The fraction of sp³-hybridized carbons (Fsp3) is 0. The Hall–Kier alpha value is -2.48. The van der Waals surface area contributed by atoms with Crippen LogP contribution in [0, 0.1) is 5.82 Å². The number of rotatable bonds is 3. The number of hydrogen-bond acceptors (Lipinski definition) is 4. The van der Waals surface area contributed by atoms with E-state index in [0.29, 0.717) is 22.4 Å².